The zero-order valence-electron chi connectivity index (χ0n) is 20.7. The highest BCUT2D eigenvalue weighted by Gasteiger charge is 2.29. The summed E-state index contributed by atoms with van der Waals surface area (Å²) in [5.74, 6) is -0.0324. The first kappa shape index (κ1) is 25.2. The number of benzene rings is 2. The number of aryl methyl sites for hydroxylation is 1. The summed E-state index contributed by atoms with van der Waals surface area (Å²) in [5, 5.41) is 2.00. The maximum absolute atomic E-state index is 14.5. The molecule has 9 heteroatoms. The molecule has 0 aliphatic carbocycles. The Morgan fingerprint density at radius 1 is 1.05 bits per heavy atom. The van der Waals surface area contributed by atoms with Gasteiger partial charge in [-0.25, -0.2) is 4.39 Å². The molecule has 0 spiro atoms. The zero-order chi connectivity index (χ0) is 25.8. The van der Waals surface area contributed by atoms with E-state index in [9.17, 15) is 14.0 Å². The van der Waals surface area contributed by atoms with E-state index in [1.165, 1.54) is 23.1 Å². The number of hydrogen-bond donors (Lipinski definition) is 0. The lowest BCUT2D eigenvalue weighted by molar-refractivity contribution is -0.133. The van der Waals surface area contributed by atoms with E-state index in [1.54, 1.807) is 22.3 Å². The predicted octanol–water partition coefficient (Wildman–Crippen LogP) is 4.77. The van der Waals surface area contributed by atoms with Crippen LogP contribution in [-0.2, 0) is 22.6 Å². The van der Waals surface area contributed by atoms with Crippen LogP contribution in [0, 0.1) is 12.7 Å². The van der Waals surface area contributed by atoms with E-state index in [4.69, 9.17) is 14.2 Å². The van der Waals surface area contributed by atoms with Crippen molar-refractivity contribution in [1.82, 2.24) is 9.80 Å². The second-order valence-corrected chi connectivity index (χ2v) is 10.3. The molecule has 1 fully saturated rings. The Kier molecular flexibility index (Phi) is 7.71. The van der Waals surface area contributed by atoms with Crippen LogP contribution in [0.2, 0.25) is 0 Å². The maximum Gasteiger partial charge on any atom is 0.257 e. The highest BCUT2D eigenvalue weighted by molar-refractivity contribution is 7.10. The van der Waals surface area contributed by atoms with Gasteiger partial charge in [-0.05, 0) is 66.6 Å². The maximum atomic E-state index is 14.5. The van der Waals surface area contributed by atoms with E-state index in [0.29, 0.717) is 31.2 Å². The molecule has 2 aliphatic heterocycles. The summed E-state index contributed by atoms with van der Waals surface area (Å²) >= 11 is 1.59. The molecule has 0 radical (unpaired) electrons. The number of amides is 2. The van der Waals surface area contributed by atoms with Gasteiger partial charge in [-0.1, -0.05) is 18.2 Å². The van der Waals surface area contributed by atoms with Crippen LogP contribution in [0.25, 0.3) is 0 Å². The summed E-state index contributed by atoms with van der Waals surface area (Å²) in [6, 6.07) is 13.5. The number of fused-ring (bicyclic) bond motifs is 1. The molecule has 0 bridgehead atoms. The quantitative estimate of drug-likeness (QED) is 0.403. The summed E-state index contributed by atoms with van der Waals surface area (Å²) < 4.78 is 31.2. The molecule has 3 heterocycles. The Morgan fingerprint density at radius 2 is 1.89 bits per heavy atom. The monoisotopic (exact) mass is 524 g/mol. The molecule has 0 saturated carbocycles. The number of carbonyl (C=O) groups is 2. The van der Waals surface area contributed by atoms with Crippen molar-refractivity contribution in [2.24, 2.45) is 0 Å². The highest BCUT2D eigenvalue weighted by Crippen LogP contribution is 2.33. The molecule has 37 heavy (non-hydrogen) atoms. The topological polar surface area (TPSA) is 68.3 Å². The fourth-order valence-electron chi connectivity index (χ4n) is 4.55. The molecule has 1 atom stereocenters. The lowest BCUT2D eigenvalue weighted by Crippen LogP contribution is -2.45. The molecule has 7 nitrogen and oxygen atoms in total. The lowest BCUT2D eigenvalue weighted by atomic mass is 10.1. The average molecular weight is 525 g/mol. The number of thiophene rings is 1. The second-order valence-electron chi connectivity index (χ2n) is 9.26. The first-order chi connectivity index (χ1) is 18.0. The number of hydrogen-bond acceptors (Lipinski definition) is 6. The minimum absolute atomic E-state index is 0.0512. The molecule has 1 aromatic heterocycles. The number of carbonyl (C=O) groups excluding carboxylic acids is 2. The third-order valence-corrected chi connectivity index (χ3v) is 7.64. The molecule has 5 rings (SSSR count). The summed E-state index contributed by atoms with van der Waals surface area (Å²) in [7, 11) is 0. The van der Waals surface area contributed by atoms with Gasteiger partial charge in [-0.2, -0.15) is 0 Å². The van der Waals surface area contributed by atoms with Gasteiger partial charge in [0.25, 0.3) is 5.91 Å². The minimum atomic E-state index is -0.608. The van der Waals surface area contributed by atoms with Crippen molar-refractivity contribution in [1.29, 1.82) is 0 Å². The van der Waals surface area contributed by atoms with Gasteiger partial charge in [-0.15, -0.1) is 11.3 Å². The van der Waals surface area contributed by atoms with E-state index in [0.717, 1.165) is 28.8 Å². The van der Waals surface area contributed by atoms with Crippen molar-refractivity contribution in [2.45, 2.75) is 39.0 Å². The fourth-order valence-corrected chi connectivity index (χ4v) is 5.47. The summed E-state index contributed by atoms with van der Waals surface area (Å²) in [5.41, 5.74) is 1.94. The van der Waals surface area contributed by atoms with Crippen LogP contribution in [0.5, 0.6) is 11.5 Å². The molecule has 1 saturated heterocycles. The van der Waals surface area contributed by atoms with Crippen LogP contribution in [-0.4, -0.2) is 54.2 Å². The van der Waals surface area contributed by atoms with Gasteiger partial charge in [0.1, 0.15) is 12.4 Å². The van der Waals surface area contributed by atoms with Gasteiger partial charge in [-0.3, -0.25) is 9.59 Å². The van der Waals surface area contributed by atoms with E-state index in [-0.39, 0.29) is 37.5 Å². The summed E-state index contributed by atoms with van der Waals surface area (Å²) in [6.45, 7) is 3.59. The number of nitrogens with zero attached hydrogens (tertiary/aromatic N) is 2. The summed E-state index contributed by atoms with van der Waals surface area (Å²) in [6.07, 6.45) is 1.52. The smallest absolute Gasteiger partial charge is 0.257 e. The molecule has 0 unspecified atom stereocenters. The van der Waals surface area contributed by atoms with Crippen molar-refractivity contribution in [3.05, 3.63) is 81.3 Å². The van der Waals surface area contributed by atoms with Crippen molar-refractivity contribution in [2.75, 3.05) is 26.5 Å². The normalized spacial score (nSPS) is 16.1. The fraction of sp³-hybridized carbons (Fsp3) is 0.357. The largest absolute Gasteiger partial charge is 0.454 e. The Morgan fingerprint density at radius 3 is 2.65 bits per heavy atom. The predicted molar refractivity (Wildman–Crippen MR) is 137 cm³/mol. The molecular formula is C28H29FN2O5S. The van der Waals surface area contributed by atoms with Crippen molar-refractivity contribution in [3.63, 3.8) is 0 Å². The molecule has 3 aromatic rings. The van der Waals surface area contributed by atoms with E-state index in [2.05, 4.69) is 0 Å². The SMILES string of the molecule is Cc1ccsc1CN(Cc1ccc2c(c1)OCO2)C(=O)CN(C[C@H]1CCCO1)C(=O)c1ccccc1F. The second kappa shape index (κ2) is 11.3. The van der Waals surface area contributed by atoms with Crippen LogP contribution in [0.15, 0.2) is 53.9 Å². The first-order valence-corrected chi connectivity index (χ1v) is 13.2. The summed E-state index contributed by atoms with van der Waals surface area (Å²) in [4.78, 5) is 31.4. The average Bonchev–Trinajstić information content (AvgIpc) is 3.66. The molecule has 2 aliphatic rings. The Hall–Kier alpha value is -3.43. The van der Waals surface area contributed by atoms with Crippen LogP contribution in [0.1, 0.15) is 39.2 Å². The molecular weight excluding hydrogens is 495 g/mol. The van der Waals surface area contributed by atoms with Gasteiger partial charge in [0.15, 0.2) is 11.5 Å². The molecule has 194 valence electrons. The molecule has 2 aromatic carbocycles. The first-order valence-electron chi connectivity index (χ1n) is 12.3. The van der Waals surface area contributed by atoms with Crippen molar-refractivity contribution < 1.29 is 28.2 Å². The lowest BCUT2D eigenvalue weighted by Gasteiger charge is -2.29. The zero-order valence-corrected chi connectivity index (χ0v) is 21.5. The van der Waals surface area contributed by atoms with Crippen LogP contribution >= 0.6 is 11.3 Å². The van der Waals surface area contributed by atoms with Gasteiger partial charge in [0, 0.05) is 24.6 Å². The third-order valence-electron chi connectivity index (χ3n) is 6.63. The number of rotatable bonds is 9. The Labute approximate surface area is 219 Å². The van der Waals surface area contributed by atoms with Gasteiger partial charge in [0.05, 0.1) is 18.2 Å². The van der Waals surface area contributed by atoms with E-state index < -0.39 is 11.7 Å². The van der Waals surface area contributed by atoms with Crippen LogP contribution < -0.4 is 9.47 Å². The van der Waals surface area contributed by atoms with Crippen LogP contribution in [0.3, 0.4) is 0 Å². The van der Waals surface area contributed by atoms with Gasteiger partial charge >= 0.3 is 0 Å². The van der Waals surface area contributed by atoms with Crippen LogP contribution in [0.4, 0.5) is 4.39 Å². The van der Waals surface area contributed by atoms with E-state index >= 15 is 0 Å². The highest BCUT2D eigenvalue weighted by atomic mass is 32.1. The Bertz CT molecular complexity index is 1270. The van der Waals surface area contributed by atoms with Gasteiger partial charge < -0.3 is 24.0 Å². The van der Waals surface area contributed by atoms with E-state index in [1.807, 2.05) is 36.6 Å². The molecule has 2 amide bonds. The van der Waals surface area contributed by atoms with Crippen molar-refractivity contribution >= 4 is 23.2 Å². The Balaban J connectivity index is 1.39. The number of halogens is 1. The molecule has 0 N–H and O–H groups in total. The minimum Gasteiger partial charge on any atom is -0.454 e. The van der Waals surface area contributed by atoms with Gasteiger partial charge in [0.2, 0.25) is 12.7 Å². The third kappa shape index (κ3) is 5.94. The van der Waals surface area contributed by atoms with Crippen molar-refractivity contribution in [3.8, 4) is 11.5 Å². The standard InChI is InChI=1S/C28H29FN2O5S/c1-19-10-12-37-26(19)16-30(14-20-8-9-24-25(13-20)36-18-35-24)27(32)17-31(15-21-5-4-11-34-21)28(33)22-6-2-3-7-23(22)29/h2-3,6-10,12-13,21H,4-5,11,14-18H2,1H3/t21-/m1/s1. The number of ether oxygens (including phenoxy) is 3.